The summed E-state index contributed by atoms with van der Waals surface area (Å²) >= 11 is 0. The van der Waals surface area contributed by atoms with E-state index in [0.717, 1.165) is 52.1 Å². The summed E-state index contributed by atoms with van der Waals surface area (Å²) in [5.74, 6) is 0.351. The van der Waals surface area contributed by atoms with Crippen molar-refractivity contribution in [1.82, 2.24) is 15.1 Å². The predicted octanol–water partition coefficient (Wildman–Crippen LogP) is 1.74. The molecule has 2 saturated heterocycles. The zero-order valence-corrected chi connectivity index (χ0v) is 14.0. The first-order valence-corrected chi connectivity index (χ1v) is 7.74. The molecule has 5 heteroatoms. The molecule has 2 rings (SSSR count). The number of hydrogen-bond donors (Lipinski definition) is 1. The maximum Gasteiger partial charge on any atom is 0.223 e. The fourth-order valence-corrected chi connectivity index (χ4v) is 2.96. The molecule has 0 radical (unpaired) electrons. The fraction of sp³-hybridized carbons (Fsp3) is 0.933. The molecule has 2 aliphatic heterocycles. The van der Waals surface area contributed by atoms with Crippen molar-refractivity contribution in [3.05, 3.63) is 0 Å². The minimum atomic E-state index is 0. The predicted molar refractivity (Wildman–Crippen MR) is 85.4 cm³/mol. The number of likely N-dealkylation sites (tertiary alicyclic amines) is 1. The summed E-state index contributed by atoms with van der Waals surface area (Å²) in [6.45, 7) is 12.9. The molecule has 118 valence electrons. The van der Waals surface area contributed by atoms with Crippen molar-refractivity contribution in [3.63, 3.8) is 0 Å². The summed E-state index contributed by atoms with van der Waals surface area (Å²) in [6, 6.07) is 0.593. The zero-order chi connectivity index (χ0) is 13.9. The first kappa shape index (κ1) is 17.7. The van der Waals surface area contributed by atoms with Crippen LogP contribution in [0.15, 0.2) is 0 Å². The Labute approximate surface area is 129 Å². The van der Waals surface area contributed by atoms with E-state index in [4.69, 9.17) is 0 Å². The van der Waals surface area contributed by atoms with Gasteiger partial charge in [0, 0.05) is 51.7 Å². The van der Waals surface area contributed by atoms with E-state index in [-0.39, 0.29) is 17.8 Å². The molecule has 1 atom stereocenters. The standard InChI is InChI=1S/C15H29N3O.ClH/c1-4-15(2,3)11-14(19)18-8-5-13(12-18)17-9-6-16-7-10-17;/h13,16H,4-12H2,1-3H3;1H. The second kappa shape index (κ2) is 7.62. The molecule has 1 N–H and O–H groups in total. The van der Waals surface area contributed by atoms with Gasteiger partial charge < -0.3 is 10.2 Å². The maximum atomic E-state index is 12.3. The van der Waals surface area contributed by atoms with Crippen molar-refractivity contribution in [2.75, 3.05) is 39.3 Å². The smallest absolute Gasteiger partial charge is 0.223 e. The lowest BCUT2D eigenvalue weighted by Crippen LogP contribution is -2.49. The summed E-state index contributed by atoms with van der Waals surface area (Å²) < 4.78 is 0. The third kappa shape index (κ3) is 4.61. The molecule has 2 heterocycles. The summed E-state index contributed by atoms with van der Waals surface area (Å²) in [5.41, 5.74) is 0.143. The number of hydrogen-bond acceptors (Lipinski definition) is 3. The van der Waals surface area contributed by atoms with Crippen molar-refractivity contribution < 1.29 is 4.79 Å². The summed E-state index contributed by atoms with van der Waals surface area (Å²) in [6.07, 6.45) is 2.91. The van der Waals surface area contributed by atoms with Gasteiger partial charge in [-0.15, -0.1) is 12.4 Å². The average Bonchev–Trinajstić information content (AvgIpc) is 2.89. The lowest BCUT2D eigenvalue weighted by Gasteiger charge is -2.32. The van der Waals surface area contributed by atoms with Crippen LogP contribution in [0.4, 0.5) is 0 Å². The van der Waals surface area contributed by atoms with E-state index in [2.05, 4.69) is 35.9 Å². The van der Waals surface area contributed by atoms with Gasteiger partial charge in [-0.2, -0.15) is 0 Å². The topological polar surface area (TPSA) is 35.6 Å². The van der Waals surface area contributed by atoms with Gasteiger partial charge >= 0.3 is 0 Å². The highest BCUT2D eigenvalue weighted by Crippen LogP contribution is 2.27. The first-order valence-electron chi connectivity index (χ1n) is 7.74. The van der Waals surface area contributed by atoms with Crippen LogP contribution in [0.3, 0.4) is 0 Å². The van der Waals surface area contributed by atoms with Gasteiger partial charge in [0.1, 0.15) is 0 Å². The van der Waals surface area contributed by atoms with Gasteiger partial charge in [0.2, 0.25) is 5.91 Å². The number of rotatable bonds is 4. The minimum absolute atomic E-state index is 0. The van der Waals surface area contributed by atoms with Crippen LogP contribution in [-0.4, -0.2) is 61.0 Å². The third-order valence-electron chi connectivity index (χ3n) is 4.77. The van der Waals surface area contributed by atoms with E-state index in [0.29, 0.717) is 18.4 Å². The Kier molecular flexibility index (Phi) is 6.76. The van der Waals surface area contributed by atoms with Crippen LogP contribution in [0.2, 0.25) is 0 Å². The van der Waals surface area contributed by atoms with Crippen molar-refractivity contribution in [2.24, 2.45) is 5.41 Å². The van der Waals surface area contributed by atoms with Crippen LogP contribution in [-0.2, 0) is 4.79 Å². The largest absolute Gasteiger partial charge is 0.341 e. The molecule has 0 bridgehead atoms. The fourth-order valence-electron chi connectivity index (χ4n) is 2.96. The van der Waals surface area contributed by atoms with E-state index in [1.54, 1.807) is 0 Å². The number of carbonyl (C=O) groups excluding carboxylic acids is 1. The number of halogens is 1. The molecular formula is C15H30ClN3O. The molecule has 0 aromatic rings. The van der Waals surface area contributed by atoms with Crippen molar-refractivity contribution in [3.8, 4) is 0 Å². The quantitative estimate of drug-likeness (QED) is 0.859. The monoisotopic (exact) mass is 303 g/mol. The van der Waals surface area contributed by atoms with Gasteiger partial charge in [-0.25, -0.2) is 0 Å². The van der Waals surface area contributed by atoms with Gasteiger partial charge in [0.15, 0.2) is 0 Å². The normalized spacial score (nSPS) is 24.6. The van der Waals surface area contributed by atoms with E-state index in [1.165, 1.54) is 0 Å². The Bertz CT molecular complexity index is 316. The highest BCUT2D eigenvalue weighted by Gasteiger charge is 2.32. The first-order chi connectivity index (χ1) is 9.02. The maximum absolute atomic E-state index is 12.3. The van der Waals surface area contributed by atoms with Crippen molar-refractivity contribution >= 4 is 18.3 Å². The van der Waals surface area contributed by atoms with Gasteiger partial charge in [0.05, 0.1) is 0 Å². The van der Waals surface area contributed by atoms with Gasteiger partial charge in [0.25, 0.3) is 0 Å². The number of nitrogens with zero attached hydrogens (tertiary/aromatic N) is 2. The lowest BCUT2D eigenvalue weighted by atomic mass is 9.86. The molecule has 1 unspecified atom stereocenters. The molecule has 0 aromatic carbocycles. The number of amides is 1. The number of piperazine rings is 1. The SMILES string of the molecule is CCC(C)(C)CC(=O)N1CCC(N2CCNCC2)C1.Cl. The number of carbonyl (C=O) groups is 1. The Morgan fingerprint density at radius 1 is 1.25 bits per heavy atom. The van der Waals surface area contributed by atoms with Crippen LogP contribution in [0.25, 0.3) is 0 Å². The Morgan fingerprint density at radius 3 is 2.50 bits per heavy atom. The van der Waals surface area contributed by atoms with Gasteiger partial charge in [-0.3, -0.25) is 9.69 Å². The second-order valence-electron chi connectivity index (χ2n) is 6.76. The summed E-state index contributed by atoms with van der Waals surface area (Å²) in [5, 5.41) is 3.39. The molecule has 4 nitrogen and oxygen atoms in total. The Hall–Kier alpha value is -0.320. The van der Waals surface area contributed by atoms with Crippen LogP contribution in [0.1, 0.15) is 40.0 Å². The van der Waals surface area contributed by atoms with Crippen LogP contribution < -0.4 is 5.32 Å². The summed E-state index contributed by atoms with van der Waals surface area (Å²) in [7, 11) is 0. The minimum Gasteiger partial charge on any atom is -0.341 e. The van der Waals surface area contributed by atoms with Crippen LogP contribution in [0.5, 0.6) is 0 Å². The molecule has 20 heavy (non-hydrogen) atoms. The molecule has 2 fully saturated rings. The second-order valence-corrected chi connectivity index (χ2v) is 6.76. The molecule has 0 saturated carbocycles. The van der Waals surface area contributed by atoms with Crippen molar-refractivity contribution in [2.45, 2.75) is 46.1 Å². The lowest BCUT2D eigenvalue weighted by molar-refractivity contribution is -0.132. The van der Waals surface area contributed by atoms with E-state index in [1.807, 2.05) is 0 Å². The van der Waals surface area contributed by atoms with Gasteiger partial charge in [-0.05, 0) is 11.8 Å². The van der Waals surface area contributed by atoms with E-state index < -0.39 is 0 Å². The number of nitrogens with one attached hydrogen (secondary N) is 1. The summed E-state index contributed by atoms with van der Waals surface area (Å²) in [4.78, 5) is 17.0. The van der Waals surface area contributed by atoms with Crippen LogP contribution in [0, 0.1) is 5.41 Å². The van der Waals surface area contributed by atoms with Gasteiger partial charge in [-0.1, -0.05) is 27.2 Å². The third-order valence-corrected chi connectivity index (χ3v) is 4.77. The highest BCUT2D eigenvalue weighted by atomic mass is 35.5. The molecule has 0 aliphatic carbocycles. The average molecular weight is 304 g/mol. The molecule has 1 amide bonds. The van der Waals surface area contributed by atoms with E-state index >= 15 is 0 Å². The zero-order valence-electron chi connectivity index (χ0n) is 13.2. The van der Waals surface area contributed by atoms with Crippen LogP contribution >= 0.6 is 12.4 Å². The Balaban J connectivity index is 0.00000200. The van der Waals surface area contributed by atoms with E-state index in [9.17, 15) is 4.79 Å². The molecular weight excluding hydrogens is 274 g/mol. The van der Waals surface area contributed by atoms with Crippen molar-refractivity contribution in [1.29, 1.82) is 0 Å². The molecule has 0 aromatic heterocycles. The molecule has 2 aliphatic rings. The Morgan fingerprint density at radius 2 is 1.90 bits per heavy atom. The molecule has 0 spiro atoms. The highest BCUT2D eigenvalue weighted by molar-refractivity contribution is 5.85.